The van der Waals surface area contributed by atoms with Gasteiger partial charge in [0.15, 0.2) is 0 Å². The van der Waals surface area contributed by atoms with Crippen LogP contribution in [0, 0.1) is 0 Å². The summed E-state index contributed by atoms with van der Waals surface area (Å²) in [5, 5.41) is 4.60. The number of hydrogen-bond donors (Lipinski definition) is 1. The summed E-state index contributed by atoms with van der Waals surface area (Å²) in [6, 6.07) is 12.0. The van der Waals surface area contributed by atoms with Gasteiger partial charge < -0.3 is 5.32 Å². The molecule has 0 saturated heterocycles. The number of anilines is 1. The molecule has 3 nitrogen and oxygen atoms in total. The van der Waals surface area contributed by atoms with E-state index >= 15 is 0 Å². The number of aromatic nitrogens is 2. The van der Waals surface area contributed by atoms with Crippen molar-refractivity contribution in [1.82, 2.24) is 9.97 Å². The van der Waals surface area contributed by atoms with Gasteiger partial charge in [-0.1, -0.05) is 12.1 Å². The molecule has 0 bridgehead atoms. The second kappa shape index (κ2) is 6.08. The van der Waals surface area contributed by atoms with Crippen molar-refractivity contribution in [2.45, 2.75) is 6.42 Å². The van der Waals surface area contributed by atoms with Crippen molar-refractivity contribution < 1.29 is 0 Å². The number of halogens is 2. The first-order chi connectivity index (χ1) is 9.72. The molecule has 1 aromatic carbocycles. The Labute approximate surface area is 134 Å². The van der Waals surface area contributed by atoms with Crippen LogP contribution in [0.3, 0.4) is 0 Å². The monoisotopic (exact) mass is 367 g/mol. The number of hydrogen-bond acceptors (Lipinski definition) is 4. The molecule has 0 aliphatic heterocycles. The average molecular weight is 369 g/mol. The molecule has 0 fully saturated rings. The largest absolute Gasteiger partial charge is 0.369 e. The van der Waals surface area contributed by atoms with E-state index in [0.717, 1.165) is 33.5 Å². The Kier molecular flexibility index (Phi) is 4.19. The normalized spacial score (nSPS) is 10.9. The van der Waals surface area contributed by atoms with Crippen LogP contribution in [0.4, 0.5) is 5.82 Å². The molecule has 6 heteroatoms. The summed E-state index contributed by atoms with van der Waals surface area (Å²) in [5.74, 6) is 0.788. The summed E-state index contributed by atoms with van der Waals surface area (Å²) in [6.45, 7) is 0.810. The van der Waals surface area contributed by atoms with Gasteiger partial charge in [-0.2, -0.15) is 0 Å². The lowest BCUT2D eigenvalue weighted by molar-refractivity contribution is 1.03. The van der Waals surface area contributed by atoms with Crippen LogP contribution in [0.5, 0.6) is 0 Å². The van der Waals surface area contributed by atoms with Crippen molar-refractivity contribution >= 4 is 55.6 Å². The lowest BCUT2D eigenvalue weighted by Crippen LogP contribution is -2.06. The highest BCUT2D eigenvalue weighted by atomic mass is 79.9. The molecular weight excluding hydrogens is 358 g/mol. The molecular formula is C14H11BrClN3S. The highest BCUT2D eigenvalue weighted by molar-refractivity contribution is 9.11. The number of benzene rings is 1. The number of nitrogens with one attached hydrogen (secondary N) is 1. The highest BCUT2D eigenvalue weighted by Crippen LogP contribution is 2.24. The third-order valence-electron chi connectivity index (χ3n) is 2.87. The summed E-state index contributed by atoms with van der Waals surface area (Å²) < 4.78 is 1.16. The minimum absolute atomic E-state index is 0.269. The summed E-state index contributed by atoms with van der Waals surface area (Å²) in [4.78, 5) is 9.82. The van der Waals surface area contributed by atoms with Gasteiger partial charge in [0.25, 0.3) is 0 Å². The summed E-state index contributed by atoms with van der Waals surface area (Å²) in [7, 11) is 0. The summed E-state index contributed by atoms with van der Waals surface area (Å²) in [6.07, 6.45) is 0.951. The van der Waals surface area contributed by atoms with E-state index in [4.69, 9.17) is 11.6 Å². The first-order valence-electron chi connectivity index (χ1n) is 6.13. The van der Waals surface area contributed by atoms with E-state index in [-0.39, 0.29) is 5.28 Å². The zero-order chi connectivity index (χ0) is 13.9. The maximum Gasteiger partial charge on any atom is 0.224 e. The van der Waals surface area contributed by atoms with Gasteiger partial charge in [-0.15, -0.1) is 11.3 Å². The molecule has 3 aromatic rings. The smallest absolute Gasteiger partial charge is 0.224 e. The Morgan fingerprint density at radius 1 is 1.15 bits per heavy atom. The average Bonchev–Trinajstić information content (AvgIpc) is 2.84. The Balaban J connectivity index is 1.77. The van der Waals surface area contributed by atoms with E-state index in [1.807, 2.05) is 24.3 Å². The van der Waals surface area contributed by atoms with Gasteiger partial charge >= 0.3 is 0 Å². The van der Waals surface area contributed by atoms with Crippen molar-refractivity contribution in [3.05, 3.63) is 50.3 Å². The molecule has 0 amide bonds. The van der Waals surface area contributed by atoms with E-state index in [2.05, 4.69) is 43.3 Å². The third kappa shape index (κ3) is 3.11. The predicted octanol–water partition coefficient (Wildman–Crippen LogP) is 4.76. The second-order valence-corrected chi connectivity index (χ2v) is 7.13. The van der Waals surface area contributed by atoms with Gasteiger partial charge in [-0.25, -0.2) is 9.97 Å². The lowest BCUT2D eigenvalue weighted by atomic mass is 10.2. The maximum atomic E-state index is 5.96. The van der Waals surface area contributed by atoms with Crippen LogP contribution >= 0.6 is 38.9 Å². The van der Waals surface area contributed by atoms with Gasteiger partial charge in [-0.05, 0) is 58.2 Å². The molecule has 2 heterocycles. The molecule has 0 aliphatic rings. The highest BCUT2D eigenvalue weighted by Gasteiger charge is 2.06. The number of thiophene rings is 1. The third-order valence-corrected chi connectivity index (χ3v) is 4.72. The molecule has 102 valence electrons. The lowest BCUT2D eigenvalue weighted by Gasteiger charge is -2.08. The van der Waals surface area contributed by atoms with Crippen LogP contribution in [-0.4, -0.2) is 16.5 Å². The summed E-state index contributed by atoms with van der Waals surface area (Å²) in [5.41, 5.74) is 0.855. The fraction of sp³-hybridized carbons (Fsp3) is 0.143. The van der Waals surface area contributed by atoms with E-state index in [0.29, 0.717) is 0 Å². The van der Waals surface area contributed by atoms with Crippen LogP contribution in [0.2, 0.25) is 5.28 Å². The van der Waals surface area contributed by atoms with Crippen molar-refractivity contribution in [3.8, 4) is 0 Å². The zero-order valence-corrected chi connectivity index (χ0v) is 13.6. The Hall–Kier alpha value is -1.17. The van der Waals surface area contributed by atoms with Crippen LogP contribution in [0.15, 0.2) is 40.2 Å². The Morgan fingerprint density at radius 3 is 2.80 bits per heavy atom. The van der Waals surface area contributed by atoms with Crippen LogP contribution in [-0.2, 0) is 6.42 Å². The van der Waals surface area contributed by atoms with Gasteiger partial charge in [0, 0.05) is 16.8 Å². The predicted molar refractivity (Wildman–Crippen MR) is 88.8 cm³/mol. The number of nitrogens with zero attached hydrogens (tertiary/aromatic N) is 2. The fourth-order valence-corrected chi connectivity index (χ4v) is 3.63. The van der Waals surface area contributed by atoms with E-state index < -0.39 is 0 Å². The van der Waals surface area contributed by atoms with Gasteiger partial charge in [-0.3, -0.25) is 0 Å². The molecule has 0 spiro atoms. The molecule has 2 aromatic heterocycles. The zero-order valence-electron chi connectivity index (χ0n) is 10.4. The molecule has 0 aliphatic carbocycles. The first-order valence-corrected chi connectivity index (χ1v) is 8.11. The molecule has 3 rings (SSSR count). The molecule has 0 atom stereocenters. The quantitative estimate of drug-likeness (QED) is 0.675. The van der Waals surface area contributed by atoms with Crippen LogP contribution < -0.4 is 5.32 Å². The molecule has 1 N–H and O–H groups in total. The maximum absolute atomic E-state index is 5.96. The van der Waals surface area contributed by atoms with Gasteiger partial charge in [0.2, 0.25) is 5.28 Å². The fourth-order valence-electron chi connectivity index (χ4n) is 1.97. The standard InChI is InChI=1S/C14H11BrClN3S/c15-12-6-5-9(20-12)7-8-17-13-10-3-1-2-4-11(10)18-14(16)19-13/h1-6H,7-8H2,(H,17,18,19). The van der Waals surface area contributed by atoms with Crippen molar-refractivity contribution in [2.75, 3.05) is 11.9 Å². The number of para-hydroxylation sites is 1. The van der Waals surface area contributed by atoms with Gasteiger partial charge in [0.1, 0.15) is 5.82 Å². The van der Waals surface area contributed by atoms with E-state index in [1.165, 1.54) is 4.88 Å². The first kappa shape index (κ1) is 13.8. The van der Waals surface area contributed by atoms with Crippen molar-refractivity contribution in [2.24, 2.45) is 0 Å². The molecule has 0 saturated carbocycles. The van der Waals surface area contributed by atoms with E-state index in [1.54, 1.807) is 11.3 Å². The molecule has 20 heavy (non-hydrogen) atoms. The van der Waals surface area contributed by atoms with Crippen LogP contribution in [0.1, 0.15) is 4.88 Å². The summed E-state index contributed by atoms with van der Waals surface area (Å²) >= 11 is 11.2. The number of rotatable bonds is 4. The van der Waals surface area contributed by atoms with Crippen molar-refractivity contribution in [3.63, 3.8) is 0 Å². The van der Waals surface area contributed by atoms with E-state index in [9.17, 15) is 0 Å². The number of fused-ring (bicyclic) bond motifs is 1. The topological polar surface area (TPSA) is 37.8 Å². The second-order valence-electron chi connectivity index (χ2n) is 4.24. The van der Waals surface area contributed by atoms with Crippen molar-refractivity contribution in [1.29, 1.82) is 0 Å². The molecule has 0 unspecified atom stereocenters. The molecule has 0 radical (unpaired) electrons. The Bertz CT molecular complexity index is 744. The Morgan fingerprint density at radius 2 is 2.00 bits per heavy atom. The minimum atomic E-state index is 0.269. The van der Waals surface area contributed by atoms with Crippen LogP contribution in [0.25, 0.3) is 10.9 Å². The SMILES string of the molecule is Clc1nc(NCCc2ccc(Br)s2)c2ccccc2n1. The minimum Gasteiger partial charge on any atom is -0.369 e. The van der Waals surface area contributed by atoms with Gasteiger partial charge in [0.05, 0.1) is 9.30 Å².